The summed E-state index contributed by atoms with van der Waals surface area (Å²) < 4.78 is 17.6. The van der Waals surface area contributed by atoms with Crippen molar-refractivity contribution in [2.75, 3.05) is 7.11 Å². The van der Waals surface area contributed by atoms with Gasteiger partial charge < -0.3 is 10.1 Å². The van der Waals surface area contributed by atoms with Gasteiger partial charge in [-0.05, 0) is 38.0 Å². The number of carbonyl (C=O) groups is 1. The van der Waals surface area contributed by atoms with E-state index in [1.165, 1.54) is 19.2 Å². The van der Waals surface area contributed by atoms with Crippen LogP contribution in [-0.2, 0) is 16.0 Å². The minimum Gasteiger partial charge on any atom is -0.372 e. The highest BCUT2D eigenvalue weighted by molar-refractivity contribution is 5.80. The lowest BCUT2D eigenvalue weighted by molar-refractivity contribution is -0.130. The van der Waals surface area contributed by atoms with E-state index in [-0.39, 0.29) is 17.8 Å². The van der Waals surface area contributed by atoms with Gasteiger partial charge in [0.05, 0.1) is 0 Å². The van der Waals surface area contributed by atoms with Crippen LogP contribution in [0.25, 0.3) is 0 Å². The van der Waals surface area contributed by atoms with Crippen LogP contribution in [0.5, 0.6) is 0 Å². The van der Waals surface area contributed by atoms with E-state index >= 15 is 0 Å². The Morgan fingerprint density at radius 1 is 1.35 bits per heavy atom. The third-order valence-electron chi connectivity index (χ3n) is 2.57. The van der Waals surface area contributed by atoms with Crippen LogP contribution in [0.2, 0.25) is 0 Å². The molecule has 0 radical (unpaired) electrons. The number of amides is 1. The molecule has 4 heteroatoms. The highest BCUT2D eigenvalue weighted by Crippen LogP contribution is 2.06. The van der Waals surface area contributed by atoms with Crippen molar-refractivity contribution in [3.63, 3.8) is 0 Å². The van der Waals surface area contributed by atoms with Crippen LogP contribution in [-0.4, -0.2) is 25.2 Å². The topological polar surface area (TPSA) is 38.3 Å². The molecule has 0 aromatic heterocycles. The monoisotopic (exact) mass is 239 g/mol. The summed E-state index contributed by atoms with van der Waals surface area (Å²) in [4.78, 5) is 11.5. The second kappa shape index (κ2) is 6.35. The number of rotatable bonds is 5. The molecule has 17 heavy (non-hydrogen) atoms. The van der Waals surface area contributed by atoms with Gasteiger partial charge in [0.25, 0.3) is 0 Å². The summed E-state index contributed by atoms with van der Waals surface area (Å²) in [5.74, 6) is -0.388. The van der Waals surface area contributed by atoms with Crippen LogP contribution in [0.3, 0.4) is 0 Å². The SMILES string of the molecule is COC(C)C(=O)NC(C)Cc1ccc(F)cc1. The van der Waals surface area contributed by atoms with E-state index in [1.54, 1.807) is 19.1 Å². The van der Waals surface area contributed by atoms with E-state index in [4.69, 9.17) is 4.74 Å². The number of methoxy groups -OCH3 is 1. The van der Waals surface area contributed by atoms with Gasteiger partial charge in [-0.3, -0.25) is 4.79 Å². The summed E-state index contributed by atoms with van der Waals surface area (Å²) >= 11 is 0. The van der Waals surface area contributed by atoms with Crippen LogP contribution in [0.1, 0.15) is 19.4 Å². The van der Waals surface area contributed by atoms with Gasteiger partial charge in [-0.25, -0.2) is 4.39 Å². The van der Waals surface area contributed by atoms with Crippen molar-refractivity contribution in [3.8, 4) is 0 Å². The van der Waals surface area contributed by atoms with Gasteiger partial charge in [0.15, 0.2) is 0 Å². The molecule has 0 aliphatic carbocycles. The number of hydrogen-bond donors (Lipinski definition) is 1. The van der Waals surface area contributed by atoms with Crippen molar-refractivity contribution in [2.24, 2.45) is 0 Å². The first-order valence-corrected chi connectivity index (χ1v) is 5.60. The molecular weight excluding hydrogens is 221 g/mol. The Kier molecular flexibility index (Phi) is 5.10. The molecule has 1 N–H and O–H groups in total. The van der Waals surface area contributed by atoms with Gasteiger partial charge in [-0.15, -0.1) is 0 Å². The Balaban J connectivity index is 2.47. The molecular formula is C13H18FNO2. The average Bonchev–Trinajstić information content (AvgIpc) is 2.30. The summed E-state index contributed by atoms with van der Waals surface area (Å²) in [5.41, 5.74) is 0.990. The highest BCUT2D eigenvalue weighted by Gasteiger charge is 2.14. The number of benzene rings is 1. The summed E-state index contributed by atoms with van der Waals surface area (Å²) in [7, 11) is 1.49. The molecule has 1 amide bonds. The van der Waals surface area contributed by atoms with Gasteiger partial charge in [0, 0.05) is 13.2 Å². The van der Waals surface area contributed by atoms with Gasteiger partial charge in [-0.1, -0.05) is 12.1 Å². The molecule has 2 atom stereocenters. The third kappa shape index (κ3) is 4.53. The van der Waals surface area contributed by atoms with E-state index in [0.29, 0.717) is 6.42 Å². The number of hydrogen-bond acceptors (Lipinski definition) is 2. The quantitative estimate of drug-likeness (QED) is 0.852. The summed E-state index contributed by atoms with van der Waals surface area (Å²) in [6, 6.07) is 6.27. The fourth-order valence-electron chi connectivity index (χ4n) is 1.49. The number of halogens is 1. The Labute approximate surface area is 101 Å². The van der Waals surface area contributed by atoms with Crippen LogP contribution in [0.15, 0.2) is 24.3 Å². The Morgan fingerprint density at radius 3 is 2.47 bits per heavy atom. The number of ether oxygens (including phenoxy) is 1. The highest BCUT2D eigenvalue weighted by atomic mass is 19.1. The number of carbonyl (C=O) groups excluding carboxylic acids is 1. The second-order valence-electron chi connectivity index (χ2n) is 4.12. The molecule has 2 unspecified atom stereocenters. The molecule has 0 spiro atoms. The van der Waals surface area contributed by atoms with Crippen LogP contribution in [0, 0.1) is 5.82 Å². The van der Waals surface area contributed by atoms with E-state index in [1.807, 2.05) is 6.92 Å². The maximum Gasteiger partial charge on any atom is 0.249 e. The lowest BCUT2D eigenvalue weighted by Crippen LogP contribution is -2.40. The predicted molar refractivity (Wildman–Crippen MR) is 64.2 cm³/mol. The minimum absolute atomic E-state index is 0.00874. The van der Waals surface area contributed by atoms with Crippen molar-refractivity contribution in [3.05, 3.63) is 35.6 Å². The normalized spacial score (nSPS) is 14.1. The average molecular weight is 239 g/mol. The first-order chi connectivity index (χ1) is 8.02. The molecule has 0 heterocycles. The largest absolute Gasteiger partial charge is 0.372 e. The van der Waals surface area contributed by atoms with Gasteiger partial charge in [0.2, 0.25) is 5.91 Å². The molecule has 94 valence electrons. The van der Waals surface area contributed by atoms with Crippen molar-refractivity contribution >= 4 is 5.91 Å². The van der Waals surface area contributed by atoms with Crippen LogP contribution >= 0.6 is 0 Å². The summed E-state index contributed by atoms with van der Waals surface area (Å²) in [5, 5.41) is 2.84. The van der Waals surface area contributed by atoms with Crippen LogP contribution < -0.4 is 5.32 Å². The first-order valence-electron chi connectivity index (χ1n) is 5.60. The smallest absolute Gasteiger partial charge is 0.249 e. The molecule has 0 aliphatic heterocycles. The molecule has 1 aromatic rings. The van der Waals surface area contributed by atoms with Crippen molar-refractivity contribution < 1.29 is 13.9 Å². The molecule has 1 aromatic carbocycles. The summed E-state index contributed by atoms with van der Waals surface area (Å²) in [6.45, 7) is 3.60. The molecule has 0 fully saturated rings. The van der Waals surface area contributed by atoms with E-state index in [2.05, 4.69) is 5.32 Å². The zero-order valence-electron chi connectivity index (χ0n) is 10.4. The Hall–Kier alpha value is -1.42. The lowest BCUT2D eigenvalue weighted by Gasteiger charge is -2.16. The summed E-state index contributed by atoms with van der Waals surface area (Å²) in [6.07, 6.45) is 0.216. The van der Waals surface area contributed by atoms with Gasteiger partial charge in [-0.2, -0.15) is 0 Å². The minimum atomic E-state index is -0.453. The molecule has 0 saturated carbocycles. The van der Waals surface area contributed by atoms with Gasteiger partial charge >= 0.3 is 0 Å². The molecule has 0 saturated heterocycles. The second-order valence-corrected chi connectivity index (χ2v) is 4.12. The fourth-order valence-corrected chi connectivity index (χ4v) is 1.49. The van der Waals surface area contributed by atoms with E-state index in [0.717, 1.165) is 5.56 Å². The fraction of sp³-hybridized carbons (Fsp3) is 0.462. The van der Waals surface area contributed by atoms with Crippen molar-refractivity contribution in [2.45, 2.75) is 32.4 Å². The Bertz CT molecular complexity index is 364. The van der Waals surface area contributed by atoms with E-state index < -0.39 is 6.10 Å². The van der Waals surface area contributed by atoms with Crippen molar-refractivity contribution in [1.29, 1.82) is 0 Å². The van der Waals surface area contributed by atoms with Gasteiger partial charge in [0.1, 0.15) is 11.9 Å². The maximum atomic E-state index is 12.7. The Morgan fingerprint density at radius 2 is 1.94 bits per heavy atom. The number of nitrogens with one attached hydrogen (secondary N) is 1. The predicted octanol–water partition coefficient (Wildman–Crippen LogP) is 1.91. The molecule has 0 bridgehead atoms. The lowest BCUT2D eigenvalue weighted by atomic mass is 10.1. The first kappa shape index (κ1) is 13.6. The molecule has 1 rings (SSSR count). The van der Waals surface area contributed by atoms with Crippen LogP contribution in [0.4, 0.5) is 4.39 Å². The molecule has 3 nitrogen and oxygen atoms in total. The maximum absolute atomic E-state index is 12.7. The zero-order valence-corrected chi connectivity index (χ0v) is 10.4. The van der Waals surface area contributed by atoms with Crippen molar-refractivity contribution in [1.82, 2.24) is 5.32 Å². The molecule has 0 aliphatic rings. The van der Waals surface area contributed by atoms with E-state index in [9.17, 15) is 9.18 Å². The standard InChI is InChI=1S/C13H18FNO2/c1-9(15-13(16)10(2)17-3)8-11-4-6-12(14)7-5-11/h4-7,9-10H,8H2,1-3H3,(H,15,16). The third-order valence-corrected chi connectivity index (χ3v) is 2.57. The zero-order chi connectivity index (χ0) is 12.8.